The summed E-state index contributed by atoms with van der Waals surface area (Å²) in [5.74, 6) is -1.57. The Kier molecular flexibility index (Phi) is 5.30. The van der Waals surface area contributed by atoms with Gasteiger partial charge >= 0.3 is 5.97 Å². The highest BCUT2D eigenvalue weighted by atomic mass is 16.5. The minimum absolute atomic E-state index is 0.0261. The van der Waals surface area contributed by atoms with Crippen LogP contribution in [0.5, 0.6) is 11.5 Å². The van der Waals surface area contributed by atoms with Crippen molar-refractivity contribution in [1.29, 1.82) is 0 Å². The average Bonchev–Trinajstić information content (AvgIpc) is 2.95. The fourth-order valence-electron chi connectivity index (χ4n) is 2.63. The number of hydrogen-bond acceptors (Lipinski definition) is 5. The van der Waals surface area contributed by atoms with Crippen molar-refractivity contribution in [3.63, 3.8) is 0 Å². The van der Waals surface area contributed by atoms with Crippen molar-refractivity contribution in [2.45, 2.75) is 6.92 Å². The minimum Gasteiger partial charge on any atom is -0.493 e. The van der Waals surface area contributed by atoms with Crippen molar-refractivity contribution in [3.05, 3.63) is 59.2 Å². The molecule has 0 bridgehead atoms. The van der Waals surface area contributed by atoms with E-state index < -0.39 is 24.4 Å². The number of methoxy groups -OCH3 is 1. The number of benzene rings is 2. The van der Waals surface area contributed by atoms with Gasteiger partial charge in [-0.1, -0.05) is 23.8 Å². The number of anilines is 1. The molecular formula is C20H18N2O6. The van der Waals surface area contributed by atoms with Crippen molar-refractivity contribution in [2.24, 2.45) is 0 Å². The van der Waals surface area contributed by atoms with Crippen LogP contribution in [0.2, 0.25) is 0 Å². The molecule has 1 saturated heterocycles. The normalized spacial score (nSPS) is 14.9. The first-order chi connectivity index (χ1) is 13.4. The van der Waals surface area contributed by atoms with Gasteiger partial charge in [-0.3, -0.25) is 15.0 Å². The molecule has 0 saturated carbocycles. The number of carbonyl (C=O) groups is 3. The molecule has 8 heteroatoms. The van der Waals surface area contributed by atoms with Crippen LogP contribution in [-0.2, 0) is 14.4 Å². The number of nitrogens with zero attached hydrogens (tertiary/aromatic N) is 1. The molecule has 0 radical (unpaired) electrons. The molecule has 8 nitrogen and oxygen atoms in total. The SMILES string of the molecule is COc1cc(C=C2C(=O)NN(c3ccc(C)cc3)C2=O)ccc1OCC(=O)O. The number of carboxylic acid groups (broad SMARTS) is 1. The molecule has 0 unspecified atom stereocenters. The van der Waals surface area contributed by atoms with Gasteiger partial charge in [0.05, 0.1) is 12.8 Å². The van der Waals surface area contributed by atoms with Gasteiger partial charge in [-0.05, 0) is 42.8 Å². The molecule has 0 aromatic heterocycles. The lowest BCUT2D eigenvalue weighted by molar-refractivity contribution is -0.139. The van der Waals surface area contributed by atoms with Crippen LogP contribution >= 0.6 is 0 Å². The number of aryl methyl sites for hydroxylation is 1. The first-order valence-corrected chi connectivity index (χ1v) is 8.35. The molecule has 1 heterocycles. The molecular weight excluding hydrogens is 364 g/mol. The lowest BCUT2D eigenvalue weighted by Gasteiger charge is -2.14. The summed E-state index contributed by atoms with van der Waals surface area (Å²) in [6, 6.07) is 11.8. The number of rotatable bonds is 6. The second kappa shape index (κ2) is 7.83. The quantitative estimate of drug-likeness (QED) is 0.584. The zero-order valence-electron chi connectivity index (χ0n) is 15.3. The van der Waals surface area contributed by atoms with Gasteiger partial charge in [0.25, 0.3) is 11.8 Å². The van der Waals surface area contributed by atoms with E-state index in [-0.39, 0.29) is 17.1 Å². The number of carboxylic acids is 1. The molecule has 0 spiro atoms. The summed E-state index contributed by atoms with van der Waals surface area (Å²) in [7, 11) is 1.41. The lowest BCUT2D eigenvalue weighted by atomic mass is 10.1. The highest BCUT2D eigenvalue weighted by molar-refractivity contribution is 6.31. The molecule has 2 aromatic carbocycles. The fourth-order valence-corrected chi connectivity index (χ4v) is 2.63. The van der Waals surface area contributed by atoms with Gasteiger partial charge < -0.3 is 14.6 Å². The second-order valence-electron chi connectivity index (χ2n) is 6.07. The molecule has 0 aliphatic carbocycles. The van der Waals surface area contributed by atoms with Gasteiger partial charge in [0.15, 0.2) is 18.1 Å². The third-order valence-corrected chi connectivity index (χ3v) is 4.03. The molecule has 1 fully saturated rings. The van der Waals surface area contributed by atoms with Gasteiger partial charge in [0.1, 0.15) is 5.57 Å². The Labute approximate surface area is 160 Å². The van der Waals surface area contributed by atoms with Gasteiger partial charge in [-0.15, -0.1) is 0 Å². The topological polar surface area (TPSA) is 105 Å². The van der Waals surface area contributed by atoms with Crippen molar-refractivity contribution < 1.29 is 29.0 Å². The molecule has 2 aromatic rings. The predicted octanol–water partition coefficient (Wildman–Crippen LogP) is 1.93. The first kappa shape index (κ1) is 19.0. The maximum absolute atomic E-state index is 12.7. The largest absolute Gasteiger partial charge is 0.493 e. The molecule has 2 N–H and O–H groups in total. The summed E-state index contributed by atoms with van der Waals surface area (Å²) < 4.78 is 10.3. The summed E-state index contributed by atoms with van der Waals surface area (Å²) in [6.45, 7) is 1.42. The summed E-state index contributed by atoms with van der Waals surface area (Å²) in [5.41, 5.74) is 4.64. The van der Waals surface area contributed by atoms with E-state index in [1.807, 2.05) is 19.1 Å². The van der Waals surface area contributed by atoms with E-state index in [2.05, 4.69) is 5.43 Å². The van der Waals surface area contributed by atoms with E-state index in [0.29, 0.717) is 11.3 Å². The van der Waals surface area contributed by atoms with E-state index in [1.54, 1.807) is 24.3 Å². The Balaban J connectivity index is 1.86. The Morgan fingerprint density at radius 3 is 2.50 bits per heavy atom. The van der Waals surface area contributed by atoms with Crippen molar-refractivity contribution in [3.8, 4) is 11.5 Å². The van der Waals surface area contributed by atoms with E-state index in [4.69, 9.17) is 14.6 Å². The van der Waals surface area contributed by atoms with Crippen LogP contribution in [-0.4, -0.2) is 36.6 Å². The van der Waals surface area contributed by atoms with Crippen LogP contribution in [0.4, 0.5) is 5.69 Å². The number of hydrogen-bond donors (Lipinski definition) is 2. The van der Waals surface area contributed by atoms with Crippen LogP contribution in [0.25, 0.3) is 6.08 Å². The zero-order valence-corrected chi connectivity index (χ0v) is 15.3. The monoisotopic (exact) mass is 382 g/mol. The van der Waals surface area contributed by atoms with Crippen LogP contribution in [0.1, 0.15) is 11.1 Å². The minimum atomic E-state index is -1.11. The number of nitrogens with one attached hydrogen (secondary N) is 1. The maximum atomic E-state index is 12.7. The Morgan fingerprint density at radius 2 is 1.86 bits per heavy atom. The number of ether oxygens (including phenoxy) is 2. The Morgan fingerprint density at radius 1 is 1.14 bits per heavy atom. The molecule has 144 valence electrons. The summed E-state index contributed by atoms with van der Waals surface area (Å²) >= 11 is 0. The first-order valence-electron chi connectivity index (χ1n) is 8.35. The molecule has 2 amide bonds. The highest BCUT2D eigenvalue weighted by Crippen LogP contribution is 2.30. The summed E-state index contributed by atoms with van der Waals surface area (Å²) in [6.07, 6.45) is 1.44. The Bertz CT molecular complexity index is 965. The molecule has 3 rings (SSSR count). The van der Waals surface area contributed by atoms with E-state index in [9.17, 15) is 14.4 Å². The van der Waals surface area contributed by atoms with Crippen LogP contribution in [0.3, 0.4) is 0 Å². The summed E-state index contributed by atoms with van der Waals surface area (Å²) in [4.78, 5) is 35.6. The number of amides is 2. The third kappa shape index (κ3) is 3.96. The van der Waals surface area contributed by atoms with Crippen molar-refractivity contribution in [1.82, 2.24) is 5.43 Å². The van der Waals surface area contributed by atoms with Crippen LogP contribution in [0.15, 0.2) is 48.0 Å². The number of carbonyl (C=O) groups excluding carboxylic acids is 2. The lowest BCUT2D eigenvalue weighted by Crippen LogP contribution is -2.35. The predicted molar refractivity (Wildman–Crippen MR) is 101 cm³/mol. The third-order valence-electron chi connectivity index (χ3n) is 4.03. The standard InChI is InChI=1S/C20H18N2O6/c1-12-3-6-14(7-4-12)22-20(26)15(19(25)21-22)9-13-5-8-16(17(10-13)27-2)28-11-18(23)24/h3-10H,11H2,1-2H3,(H,21,25)(H,23,24). The van der Waals surface area contributed by atoms with E-state index in [1.165, 1.54) is 24.3 Å². The fraction of sp³-hybridized carbons (Fsp3) is 0.150. The van der Waals surface area contributed by atoms with Crippen molar-refractivity contribution >= 4 is 29.5 Å². The number of aliphatic carboxylic acids is 1. The average molecular weight is 382 g/mol. The highest BCUT2D eigenvalue weighted by Gasteiger charge is 2.34. The number of hydrazine groups is 1. The smallest absolute Gasteiger partial charge is 0.341 e. The van der Waals surface area contributed by atoms with Crippen LogP contribution < -0.4 is 19.9 Å². The molecule has 28 heavy (non-hydrogen) atoms. The second-order valence-corrected chi connectivity index (χ2v) is 6.07. The van der Waals surface area contributed by atoms with E-state index >= 15 is 0 Å². The summed E-state index contributed by atoms with van der Waals surface area (Å²) in [5, 5.41) is 9.90. The van der Waals surface area contributed by atoms with Gasteiger partial charge in [-0.25, -0.2) is 9.80 Å². The Hall–Kier alpha value is -3.81. The maximum Gasteiger partial charge on any atom is 0.341 e. The van der Waals surface area contributed by atoms with Gasteiger partial charge in [-0.2, -0.15) is 0 Å². The van der Waals surface area contributed by atoms with Crippen molar-refractivity contribution in [2.75, 3.05) is 18.7 Å². The molecule has 1 aliphatic rings. The van der Waals surface area contributed by atoms with Crippen LogP contribution in [0, 0.1) is 6.92 Å². The van der Waals surface area contributed by atoms with Gasteiger partial charge in [0, 0.05) is 0 Å². The van der Waals surface area contributed by atoms with E-state index in [0.717, 1.165) is 5.56 Å². The molecule has 1 aliphatic heterocycles. The van der Waals surface area contributed by atoms with Gasteiger partial charge in [0.2, 0.25) is 0 Å². The zero-order chi connectivity index (χ0) is 20.3. The molecule has 0 atom stereocenters.